The van der Waals surface area contributed by atoms with Crippen molar-refractivity contribution in [2.24, 2.45) is 5.10 Å². The molecule has 10 heavy (non-hydrogen) atoms. The summed E-state index contributed by atoms with van der Waals surface area (Å²) in [7, 11) is 0. The molecule has 1 rings (SSSR count). The van der Waals surface area contributed by atoms with Crippen LogP contribution in [0.15, 0.2) is 16.8 Å². The van der Waals surface area contributed by atoms with E-state index in [1.54, 1.807) is 0 Å². The van der Waals surface area contributed by atoms with Gasteiger partial charge < -0.3 is 5.43 Å². The highest BCUT2D eigenvalue weighted by Crippen LogP contribution is 2.07. The van der Waals surface area contributed by atoms with Crippen LogP contribution in [-0.4, -0.2) is 11.7 Å². The van der Waals surface area contributed by atoms with Gasteiger partial charge in [-0.3, -0.25) is 0 Å². The highest BCUT2D eigenvalue weighted by atomic mass is 35.5. The summed E-state index contributed by atoms with van der Waals surface area (Å²) in [6, 6.07) is 0. The highest BCUT2D eigenvalue weighted by Gasteiger charge is 2.01. The van der Waals surface area contributed by atoms with E-state index >= 15 is 0 Å². The van der Waals surface area contributed by atoms with Crippen molar-refractivity contribution in [2.75, 3.05) is 6.54 Å². The minimum Gasteiger partial charge on any atom is -0.305 e. The van der Waals surface area contributed by atoms with Crippen LogP contribution in [0.2, 0.25) is 0 Å². The average molecular weight is 159 g/mol. The molecule has 2 nitrogen and oxygen atoms in total. The molecule has 0 aliphatic carbocycles. The van der Waals surface area contributed by atoms with Crippen LogP contribution < -0.4 is 5.43 Å². The molecule has 1 heterocycles. The van der Waals surface area contributed by atoms with Crippen molar-refractivity contribution in [1.29, 1.82) is 0 Å². The normalized spacial score (nSPS) is 17.4. The van der Waals surface area contributed by atoms with Crippen molar-refractivity contribution in [3.05, 3.63) is 11.6 Å². The molecule has 0 saturated heterocycles. The highest BCUT2D eigenvalue weighted by molar-refractivity contribution is 6.68. The Balaban J connectivity index is 2.51. The van der Waals surface area contributed by atoms with E-state index < -0.39 is 0 Å². The Bertz CT molecular complexity index is 172. The van der Waals surface area contributed by atoms with Gasteiger partial charge in [0.1, 0.15) is 5.17 Å². The van der Waals surface area contributed by atoms with Crippen LogP contribution in [0.25, 0.3) is 0 Å². The number of rotatable bonds is 2. The lowest BCUT2D eigenvalue weighted by molar-refractivity contribution is 0.745. The molecule has 0 atom stereocenters. The quantitative estimate of drug-likeness (QED) is 0.652. The molecular weight excluding hydrogens is 148 g/mol. The monoisotopic (exact) mass is 158 g/mol. The predicted molar refractivity (Wildman–Crippen MR) is 44.3 cm³/mol. The summed E-state index contributed by atoms with van der Waals surface area (Å²) in [5.74, 6) is 0. The fourth-order valence-corrected chi connectivity index (χ4v) is 1.16. The molecule has 0 radical (unpaired) electrons. The smallest absolute Gasteiger partial charge is 0.148 e. The summed E-state index contributed by atoms with van der Waals surface area (Å²) in [6.45, 7) is 3.00. The molecule has 3 heteroatoms. The first-order valence-corrected chi connectivity index (χ1v) is 3.86. The van der Waals surface area contributed by atoms with E-state index in [0.717, 1.165) is 19.4 Å². The lowest BCUT2D eigenvalue weighted by atomic mass is 10.1. The first-order valence-electron chi connectivity index (χ1n) is 3.48. The number of allylic oxidation sites excluding steroid dienone is 1. The van der Waals surface area contributed by atoms with Crippen molar-refractivity contribution in [2.45, 2.75) is 19.8 Å². The standard InChI is InChI=1S/C7H11ClN2/c1-2-3-6-4-7(8)10-9-5-6/h4,9H,2-3,5H2,1H3. The summed E-state index contributed by atoms with van der Waals surface area (Å²) >= 11 is 5.66. The third kappa shape index (κ3) is 2.03. The first kappa shape index (κ1) is 7.61. The zero-order chi connectivity index (χ0) is 7.40. The van der Waals surface area contributed by atoms with E-state index in [1.165, 1.54) is 5.57 Å². The number of hydrogen-bond donors (Lipinski definition) is 1. The molecule has 0 aromatic heterocycles. The first-order chi connectivity index (χ1) is 4.83. The lowest BCUT2D eigenvalue weighted by Crippen LogP contribution is -2.16. The van der Waals surface area contributed by atoms with Gasteiger partial charge in [0, 0.05) is 0 Å². The van der Waals surface area contributed by atoms with Crippen LogP contribution in [0.1, 0.15) is 19.8 Å². The predicted octanol–water partition coefficient (Wildman–Crippen LogP) is 1.87. The van der Waals surface area contributed by atoms with Gasteiger partial charge in [0.05, 0.1) is 6.54 Å². The van der Waals surface area contributed by atoms with Gasteiger partial charge in [0.15, 0.2) is 0 Å². The van der Waals surface area contributed by atoms with E-state index in [0.29, 0.717) is 5.17 Å². The second-order valence-corrected chi connectivity index (χ2v) is 2.71. The molecule has 0 aromatic carbocycles. The van der Waals surface area contributed by atoms with Crippen LogP contribution in [0.5, 0.6) is 0 Å². The van der Waals surface area contributed by atoms with Gasteiger partial charge in [-0.1, -0.05) is 24.9 Å². The van der Waals surface area contributed by atoms with Crippen LogP contribution in [-0.2, 0) is 0 Å². The molecule has 56 valence electrons. The van der Waals surface area contributed by atoms with Gasteiger partial charge in [-0.05, 0) is 18.1 Å². The maximum atomic E-state index is 5.66. The Hall–Kier alpha value is -0.500. The molecule has 0 saturated carbocycles. The summed E-state index contributed by atoms with van der Waals surface area (Å²) in [5, 5.41) is 4.38. The molecular formula is C7H11ClN2. The Labute approximate surface area is 66.0 Å². The molecule has 1 aliphatic heterocycles. The van der Waals surface area contributed by atoms with E-state index in [9.17, 15) is 0 Å². The van der Waals surface area contributed by atoms with Crippen LogP contribution >= 0.6 is 11.6 Å². The van der Waals surface area contributed by atoms with Gasteiger partial charge in [-0.15, -0.1) is 0 Å². The largest absolute Gasteiger partial charge is 0.305 e. The van der Waals surface area contributed by atoms with Gasteiger partial charge in [-0.2, -0.15) is 5.10 Å². The van der Waals surface area contributed by atoms with Crippen molar-refractivity contribution >= 4 is 16.8 Å². The van der Waals surface area contributed by atoms with E-state index in [-0.39, 0.29) is 0 Å². The van der Waals surface area contributed by atoms with Crippen molar-refractivity contribution in [3.63, 3.8) is 0 Å². The summed E-state index contributed by atoms with van der Waals surface area (Å²) < 4.78 is 0. The van der Waals surface area contributed by atoms with Gasteiger partial charge in [0.2, 0.25) is 0 Å². The fourth-order valence-electron chi connectivity index (χ4n) is 0.950. The van der Waals surface area contributed by atoms with E-state index in [1.807, 2.05) is 6.08 Å². The Morgan fingerprint density at radius 1 is 1.80 bits per heavy atom. The molecule has 0 bridgehead atoms. The summed E-state index contributed by atoms with van der Waals surface area (Å²) in [6.07, 6.45) is 4.21. The number of hydrogen-bond acceptors (Lipinski definition) is 2. The maximum absolute atomic E-state index is 5.66. The zero-order valence-electron chi connectivity index (χ0n) is 6.02. The Kier molecular flexibility index (Phi) is 2.75. The summed E-state index contributed by atoms with van der Waals surface area (Å²) in [4.78, 5) is 0. The van der Waals surface area contributed by atoms with Crippen molar-refractivity contribution in [1.82, 2.24) is 5.43 Å². The summed E-state index contributed by atoms with van der Waals surface area (Å²) in [5.41, 5.74) is 4.19. The molecule has 0 spiro atoms. The third-order valence-corrected chi connectivity index (χ3v) is 1.58. The minimum absolute atomic E-state index is 0.565. The van der Waals surface area contributed by atoms with Crippen LogP contribution in [0.3, 0.4) is 0 Å². The number of nitrogens with zero attached hydrogens (tertiary/aromatic N) is 1. The van der Waals surface area contributed by atoms with Gasteiger partial charge in [0.25, 0.3) is 0 Å². The molecule has 0 unspecified atom stereocenters. The number of halogens is 1. The molecule has 0 amide bonds. The Morgan fingerprint density at radius 2 is 2.60 bits per heavy atom. The fraction of sp³-hybridized carbons (Fsp3) is 0.571. The van der Waals surface area contributed by atoms with Gasteiger partial charge in [-0.25, -0.2) is 0 Å². The van der Waals surface area contributed by atoms with E-state index in [4.69, 9.17) is 11.6 Å². The maximum Gasteiger partial charge on any atom is 0.148 e. The lowest BCUT2D eigenvalue weighted by Gasteiger charge is -2.09. The van der Waals surface area contributed by atoms with Crippen molar-refractivity contribution in [3.8, 4) is 0 Å². The van der Waals surface area contributed by atoms with Crippen molar-refractivity contribution < 1.29 is 0 Å². The third-order valence-electron chi connectivity index (χ3n) is 1.39. The number of hydrazone groups is 1. The SMILES string of the molecule is CCCC1=CC(Cl)=NNC1. The van der Waals surface area contributed by atoms with Gasteiger partial charge >= 0.3 is 0 Å². The Morgan fingerprint density at radius 3 is 3.20 bits per heavy atom. The molecule has 0 fully saturated rings. The average Bonchev–Trinajstić information content (AvgIpc) is 1.88. The molecule has 1 N–H and O–H groups in total. The zero-order valence-corrected chi connectivity index (χ0v) is 6.78. The topological polar surface area (TPSA) is 24.4 Å². The molecule has 1 aliphatic rings. The number of nitrogens with one attached hydrogen (secondary N) is 1. The second kappa shape index (κ2) is 3.62. The van der Waals surface area contributed by atoms with Crippen LogP contribution in [0, 0.1) is 0 Å². The second-order valence-electron chi connectivity index (χ2n) is 2.32. The minimum atomic E-state index is 0.565. The van der Waals surface area contributed by atoms with Crippen LogP contribution in [0.4, 0.5) is 0 Å². The molecule has 0 aromatic rings. The van der Waals surface area contributed by atoms with E-state index in [2.05, 4.69) is 17.5 Å².